The lowest BCUT2D eigenvalue weighted by molar-refractivity contribution is -0.127. The van der Waals surface area contributed by atoms with Crippen molar-refractivity contribution >= 4 is 16.8 Å². The Bertz CT molecular complexity index is 948. The molecule has 2 aromatic carbocycles. The smallest absolute Gasteiger partial charge is 0.222 e. The fourth-order valence-electron chi connectivity index (χ4n) is 3.94. The highest BCUT2D eigenvalue weighted by Crippen LogP contribution is 2.22. The third-order valence-electron chi connectivity index (χ3n) is 5.41. The lowest BCUT2D eigenvalue weighted by Gasteiger charge is -2.15. The molecule has 1 aliphatic rings. The van der Waals surface area contributed by atoms with E-state index in [9.17, 15) is 9.18 Å². The van der Waals surface area contributed by atoms with Crippen LogP contribution >= 0.6 is 0 Å². The first-order valence-corrected chi connectivity index (χ1v) is 10.0. The van der Waals surface area contributed by atoms with E-state index in [4.69, 9.17) is 0 Å². The number of rotatable bonds is 8. The maximum absolute atomic E-state index is 13.2. The second-order valence-corrected chi connectivity index (χ2v) is 7.44. The van der Waals surface area contributed by atoms with E-state index in [0.29, 0.717) is 12.3 Å². The van der Waals surface area contributed by atoms with Crippen LogP contribution in [0.2, 0.25) is 0 Å². The van der Waals surface area contributed by atoms with Gasteiger partial charge in [-0.3, -0.25) is 4.79 Å². The summed E-state index contributed by atoms with van der Waals surface area (Å²) in [6, 6.07) is 15.1. The monoisotopic (exact) mass is 379 g/mol. The summed E-state index contributed by atoms with van der Waals surface area (Å²) in [5, 5.41) is 4.76. The van der Waals surface area contributed by atoms with E-state index < -0.39 is 0 Å². The Labute approximate surface area is 165 Å². The molecule has 0 unspecified atom stereocenters. The molecule has 1 aliphatic heterocycles. The number of halogens is 1. The van der Waals surface area contributed by atoms with Crippen LogP contribution in [0, 0.1) is 5.82 Å². The molecule has 146 valence electrons. The number of likely N-dealkylation sites (tertiary alicyclic amines) is 1. The molecule has 1 saturated heterocycles. The van der Waals surface area contributed by atoms with E-state index in [0.717, 1.165) is 51.1 Å². The quantitative estimate of drug-likeness (QED) is 0.602. The van der Waals surface area contributed by atoms with Crippen LogP contribution in [0.4, 0.5) is 4.39 Å². The highest BCUT2D eigenvalue weighted by Gasteiger charge is 2.18. The molecule has 1 amide bonds. The number of benzene rings is 2. The zero-order chi connectivity index (χ0) is 19.3. The predicted molar refractivity (Wildman–Crippen MR) is 110 cm³/mol. The van der Waals surface area contributed by atoms with Crippen LogP contribution in [-0.4, -0.2) is 35.0 Å². The third-order valence-corrected chi connectivity index (χ3v) is 5.41. The zero-order valence-electron chi connectivity index (χ0n) is 16.0. The Hall–Kier alpha value is -2.66. The molecular weight excluding hydrogens is 353 g/mol. The van der Waals surface area contributed by atoms with Gasteiger partial charge in [0.1, 0.15) is 5.82 Å². The number of nitrogens with one attached hydrogen (secondary N) is 1. The van der Waals surface area contributed by atoms with E-state index in [1.807, 2.05) is 23.1 Å². The fraction of sp³-hybridized carbons (Fsp3) is 0.348. The van der Waals surface area contributed by atoms with Crippen LogP contribution in [-0.2, 0) is 17.9 Å². The van der Waals surface area contributed by atoms with Gasteiger partial charge in [-0.2, -0.15) is 0 Å². The minimum Gasteiger partial charge on any atom is -0.343 e. The van der Waals surface area contributed by atoms with Crippen molar-refractivity contribution in [1.82, 2.24) is 14.8 Å². The maximum atomic E-state index is 13.2. The molecule has 28 heavy (non-hydrogen) atoms. The summed E-state index contributed by atoms with van der Waals surface area (Å²) in [6.07, 6.45) is 4.87. The second kappa shape index (κ2) is 8.57. The lowest BCUT2D eigenvalue weighted by atomic mass is 10.2. The molecule has 0 atom stereocenters. The van der Waals surface area contributed by atoms with E-state index in [-0.39, 0.29) is 5.82 Å². The molecule has 1 aromatic heterocycles. The van der Waals surface area contributed by atoms with Gasteiger partial charge < -0.3 is 14.8 Å². The molecule has 0 bridgehead atoms. The summed E-state index contributed by atoms with van der Waals surface area (Å²) in [4.78, 5) is 13.6. The molecule has 0 aliphatic carbocycles. The van der Waals surface area contributed by atoms with Gasteiger partial charge in [0.25, 0.3) is 0 Å². The maximum Gasteiger partial charge on any atom is 0.222 e. The first-order valence-electron chi connectivity index (χ1n) is 10.0. The van der Waals surface area contributed by atoms with Crippen molar-refractivity contribution < 1.29 is 9.18 Å². The van der Waals surface area contributed by atoms with Crippen LogP contribution in [0.15, 0.2) is 54.7 Å². The molecule has 3 aromatic rings. The van der Waals surface area contributed by atoms with Crippen molar-refractivity contribution in [2.75, 3.05) is 19.6 Å². The predicted octanol–water partition coefficient (Wildman–Crippen LogP) is 3.93. The fourth-order valence-corrected chi connectivity index (χ4v) is 3.94. The highest BCUT2D eigenvalue weighted by atomic mass is 19.1. The van der Waals surface area contributed by atoms with Gasteiger partial charge in [0.15, 0.2) is 0 Å². The lowest BCUT2D eigenvalue weighted by Crippen LogP contribution is -2.28. The summed E-state index contributed by atoms with van der Waals surface area (Å²) in [5.74, 6) is 0.0884. The van der Waals surface area contributed by atoms with Gasteiger partial charge in [-0.1, -0.05) is 30.3 Å². The van der Waals surface area contributed by atoms with Gasteiger partial charge in [-0.15, -0.1) is 0 Å². The number of amides is 1. The van der Waals surface area contributed by atoms with Gasteiger partial charge in [0.05, 0.1) is 0 Å². The molecule has 1 fully saturated rings. The van der Waals surface area contributed by atoms with Gasteiger partial charge in [-0.25, -0.2) is 4.39 Å². The van der Waals surface area contributed by atoms with E-state index in [1.165, 1.54) is 28.6 Å². The normalized spacial score (nSPS) is 14.3. The Balaban J connectivity index is 1.38. The third kappa shape index (κ3) is 4.25. The Morgan fingerprint density at radius 3 is 2.68 bits per heavy atom. The molecule has 2 heterocycles. The Kier molecular flexibility index (Phi) is 5.72. The number of carbonyl (C=O) groups excluding carboxylic acids is 1. The number of hydrogen-bond acceptors (Lipinski definition) is 2. The van der Waals surface area contributed by atoms with Crippen LogP contribution in [0.5, 0.6) is 0 Å². The topological polar surface area (TPSA) is 37.3 Å². The summed E-state index contributed by atoms with van der Waals surface area (Å²) in [7, 11) is 0. The number of hydrogen-bond donors (Lipinski definition) is 1. The van der Waals surface area contributed by atoms with Crippen molar-refractivity contribution in [2.24, 2.45) is 0 Å². The van der Waals surface area contributed by atoms with Crippen molar-refractivity contribution in [3.05, 3.63) is 71.7 Å². The standard InChI is InChI=1S/C23H26FN3O/c24-20-10-8-18(9-11-20)16-27-17-19(21-5-1-2-6-22(21)27)15-25-12-4-14-26-13-3-7-23(26)28/h1-2,5-6,8-11,17,25H,3-4,7,12-16H2. The molecule has 4 nitrogen and oxygen atoms in total. The van der Waals surface area contributed by atoms with Gasteiger partial charge in [0.2, 0.25) is 5.91 Å². The van der Waals surface area contributed by atoms with E-state index in [2.05, 4.69) is 34.3 Å². The number of para-hydroxylation sites is 1. The van der Waals surface area contributed by atoms with E-state index in [1.54, 1.807) is 0 Å². The van der Waals surface area contributed by atoms with Crippen molar-refractivity contribution in [3.63, 3.8) is 0 Å². The van der Waals surface area contributed by atoms with Crippen molar-refractivity contribution in [2.45, 2.75) is 32.4 Å². The summed E-state index contributed by atoms with van der Waals surface area (Å²) in [5.41, 5.74) is 3.53. The summed E-state index contributed by atoms with van der Waals surface area (Å²) >= 11 is 0. The number of aromatic nitrogens is 1. The average molecular weight is 379 g/mol. The summed E-state index contributed by atoms with van der Waals surface area (Å²) in [6.45, 7) is 4.16. The minimum absolute atomic E-state index is 0.207. The van der Waals surface area contributed by atoms with Crippen LogP contribution in [0.3, 0.4) is 0 Å². The SMILES string of the molecule is O=C1CCCN1CCCNCc1cn(Cc2ccc(F)cc2)c2ccccc12. The van der Waals surface area contributed by atoms with E-state index >= 15 is 0 Å². The Morgan fingerprint density at radius 1 is 1.07 bits per heavy atom. The number of fused-ring (bicyclic) bond motifs is 1. The minimum atomic E-state index is -0.207. The molecule has 0 spiro atoms. The van der Waals surface area contributed by atoms with Gasteiger partial charge in [-0.05, 0) is 48.7 Å². The van der Waals surface area contributed by atoms with Gasteiger partial charge in [0, 0.05) is 49.7 Å². The van der Waals surface area contributed by atoms with Crippen molar-refractivity contribution in [1.29, 1.82) is 0 Å². The molecule has 1 N–H and O–H groups in total. The zero-order valence-corrected chi connectivity index (χ0v) is 16.0. The highest BCUT2D eigenvalue weighted by molar-refractivity contribution is 5.84. The summed E-state index contributed by atoms with van der Waals surface area (Å²) < 4.78 is 15.4. The van der Waals surface area contributed by atoms with Crippen LogP contribution in [0.1, 0.15) is 30.4 Å². The molecule has 5 heteroatoms. The Morgan fingerprint density at radius 2 is 1.89 bits per heavy atom. The van der Waals surface area contributed by atoms with Gasteiger partial charge >= 0.3 is 0 Å². The first-order chi connectivity index (χ1) is 13.7. The molecule has 0 saturated carbocycles. The van der Waals surface area contributed by atoms with Crippen molar-refractivity contribution in [3.8, 4) is 0 Å². The number of carbonyl (C=O) groups is 1. The van der Waals surface area contributed by atoms with Crippen LogP contribution < -0.4 is 5.32 Å². The largest absolute Gasteiger partial charge is 0.343 e. The molecule has 4 rings (SSSR count). The molecular formula is C23H26FN3O. The van der Waals surface area contributed by atoms with Crippen LogP contribution in [0.25, 0.3) is 10.9 Å². The molecule has 0 radical (unpaired) electrons. The number of nitrogens with zero attached hydrogens (tertiary/aromatic N) is 2. The first kappa shape index (κ1) is 18.7. The second-order valence-electron chi connectivity index (χ2n) is 7.44. The average Bonchev–Trinajstić information content (AvgIpc) is 3.27.